The van der Waals surface area contributed by atoms with Crippen molar-refractivity contribution in [2.45, 2.75) is 45.9 Å². The van der Waals surface area contributed by atoms with Crippen molar-refractivity contribution in [3.8, 4) is 5.75 Å². The average Bonchev–Trinajstić information content (AvgIpc) is 2.30. The average molecular weight is 315 g/mol. The molecule has 0 saturated carbocycles. The maximum Gasteiger partial charge on any atom is 0.407 e. The minimum Gasteiger partial charge on any atom is -0.508 e. The number of alkyl carbamates (subject to hydrolysis) is 1. The van der Waals surface area contributed by atoms with E-state index >= 15 is 0 Å². The number of carbonyl (C=O) groups is 1. The number of benzene rings is 1. The molecule has 0 heterocycles. The summed E-state index contributed by atoms with van der Waals surface area (Å²) in [5.41, 5.74) is 0.129. The molecule has 6 heteroatoms. The zero-order valence-electron chi connectivity index (χ0n) is 12.9. The highest BCUT2D eigenvalue weighted by Gasteiger charge is 2.17. The fourth-order valence-electron chi connectivity index (χ4n) is 1.70. The van der Waals surface area contributed by atoms with E-state index in [2.05, 4.69) is 10.6 Å². The van der Waals surface area contributed by atoms with Crippen LogP contribution >= 0.6 is 11.6 Å². The Morgan fingerprint density at radius 1 is 1.43 bits per heavy atom. The van der Waals surface area contributed by atoms with Crippen LogP contribution in [-0.2, 0) is 11.3 Å². The molecule has 5 nitrogen and oxygen atoms in total. The molecular weight excluding hydrogens is 292 g/mol. The quantitative estimate of drug-likeness (QED) is 0.781. The Kier molecular flexibility index (Phi) is 6.30. The molecule has 0 saturated heterocycles. The first kappa shape index (κ1) is 17.6. The largest absolute Gasteiger partial charge is 0.508 e. The predicted octanol–water partition coefficient (Wildman–Crippen LogP) is 3.05. The number of carbonyl (C=O) groups excluding carboxylic acids is 1. The minimum atomic E-state index is -0.513. The summed E-state index contributed by atoms with van der Waals surface area (Å²) < 4.78 is 5.17. The number of nitrogens with one attached hydrogen (secondary N) is 2. The molecule has 1 rings (SSSR count). The van der Waals surface area contributed by atoms with Gasteiger partial charge >= 0.3 is 6.09 Å². The fourth-order valence-corrected chi connectivity index (χ4v) is 1.93. The van der Waals surface area contributed by atoms with Crippen molar-refractivity contribution in [3.05, 3.63) is 28.8 Å². The van der Waals surface area contributed by atoms with Gasteiger partial charge in [0.05, 0.1) is 0 Å². The first-order valence-corrected chi connectivity index (χ1v) is 7.23. The van der Waals surface area contributed by atoms with Gasteiger partial charge in [0.25, 0.3) is 0 Å². The normalized spacial score (nSPS) is 12.8. The lowest BCUT2D eigenvalue weighted by molar-refractivity contribution is 0.0508. The molecule has 0 aliphatic rings. The van der Waals surface area contributed by atoms with E-state index in [4.69, 9.17) is 16.3 Å². The summed E-state index contributed by atoms with van der Waals surface area (Å²) in [5, 5.41) is 16.1. The first-order valence-electron chi connectivity index (χ1n) is 6.85. The SMILES string of the molecule is CC(CNCc1c(O)cccc1Cl)NC(=O)OC(C)(C)C. The van der Waals surface area contributed by atoms with Crippen molar-refractivity contribution < 1.29 is 14.6 Å². The zero-order valence-corrected chi connectivity index (χ0v) is 13.6. The molecule has 1 amide bonds. The number of aromatic hydroxyl groups is 1. The van der Waals surface area contributed by atoms with Crippen LogP contribution in [0.25, 0.3) is 0 Å². The van der Waals surface area contributed by atoms with Gasteiger partial charge in [-0.25, -0.2) is 4.79 Å². The molecule has 1 atom stereocenters. The highest BCUT2D eigenvalue weighted by Crippen LogP contribution is 2.24. The number of hydrogen-bond acceptors (Lipinski definition) is 4. The lowest BCUT2D eigenvalue weighted by atomic mass is 10.2. The van der Waals surface area contributed by atoms with Crippen molar-refractivity contribution in [2.24, 2.45) is 0 Å². The van der Waals surface area contributed by atoms with Gasteiger partial charge in [-0.2, -0.15) is 0 Å². The van der Waals surface area contributed by atoms with Crippen LogP contribution in [-0.4, -0.2) is 29.4 Å². The van der Waals surface area contributed by atoms with Crippen molar-refractivity contribution in [1.29, 1.82) is 0 Å². The van der Waals surface area contributed by atoms with Crippen LogP contribution in [0.3, 0.4) is 0 Å². The second-order valence-electron chi connectivity index (χ2n) is 5.92. The molecule has 0 fully saturated rings. The Bertz CT molecular complexity index is 466. The Labute approximate surface area is 130 Å². The number of phenolic OH excluding ortho intramolecular Hbond substituents is 1. The van der Waals surface area contributed by atoms with Crippen molar-refractivity contribution >= 4 is 17.7 Å². The van der Waals surface area contributed by atoms with Crippen LogP contribution in [0.5, 0.6) is 5.75 Å². The Morgan fingerprint density at radius 2 is 2.10 bits per heavy atom. The number of halogens is 1. The van der Waals surface area contributed by atoms with Crippen molar-refractivity contribution in [2.75, 3.05) is 6.54 Å². The van der Waals surface area contributed by atoms with Crippen LogP contribution in [0.4, 0.5) is 4.79 Å². The number of rotatable bonds is 5. The van der Waals surface area contributed by atoms with E-state index in [1.54, 1.807) is 18.2 Å². The van der Waals surface area contributed by atoms with E-state index in [-0.39, 0.29) is 11.8 Å². The second-order valence-corrected chi connectivity index (χ2v) is 6.32. The van der Waals surface area contributed by atoms with Gasteiger partial charge in [-0.05, 0) is 39.8 Å². The molecule has 0 aliphatic heterocycles. The summed E-state index contributed by atoms with van der Waals surface area (Å²) in [6.45, 7) is 8.26. The van der Waals surface area contributed by atoms with E-state index < -0.39 is 11.7 Å². The lowest BCUT2D eigenvalue weighted by Gasteiger charge is -2.22. The van der Waals surface area contributed by atoms with Crippen LogP contribution in [0, 0.1) is 0 Å². The third-order valence-corrected chi connectivity index (χ3v) is 2.96. The van der Waals surface area contributed by atoms with E-state index in [9.17, 15) is 9.90 Å². The topological polar surface area (TPSA) is 70.6 Å². The summed E-state index contributed by atoms with van der Waals surface area (Å²) >= 11 is 6.01. The lowest BCUT2D eigenvalue weighted by Crippen LogP contribution is -2.42. The Morgan fingerprint density at radius 3 is 2.67 bits per heavy atom. The molecule has 0 aromatic heterocycles. The number of amides is 1. The van der Waals surface area contributed by atoms with Gasteiger partial charge in [0.1, 0.15) is 11.4 Å². The molecule has 1 aromatic rings. The van der Waals surface area contributed by atoms with E-state index in [0.29, 0.717) is 23.7 Å². The Hall–Kier alpha value is -1.46. The van der Waals surface area contributed by atoms with Crippen molar-refractivity contribution in [3.63, 3.8) is 0 Å². The molecular formula is C15H23ClN2O3. The molecule has 118 valence electrons. The zero-order chi connectivity index (χ0) is 16.0. The van der Waals surface area contributed by atoms with Crippen molar-refractivity contribution in [1.82, 2.24) is 10.6 Å². The summed E-state index contributed by atoms with van der Waals surface area (Å²) in [6.07, 6.45) is -0.447. The molecule has 1 unspecified atom stereocenters. The number of ether oxygens (including phenoxy) is 1. The first-order chi connectivity index (χ1) is 9.69. The van der Waals surface area contributed by atoms with Gasteiger partial charge in [-0.1, -0.05) is 17.7 Å². The smallest absolute Gasteiger partial charge is 0.407 e. The Balaban J connectivity index is 2.37. The van der Waals surface area contributed by atoms with Crippen LogP contribution in [0.1, 0.15) is 33.3 Å². The molecule has 0 bridgehead atoms. The van der Waals surface area contributed by atoms with E-state index in [0.717, 1.165) is 0 Å². The number of phenols is 1. The second kappa shape index (κ2) is 7.52. The highest BCUT2D eigenvalue weighted by atomic mass is 35.5. The third kappa shape index (κ3) is 6.69. The van der Waals surface area contributed by atoms with Gasteiger partial charge in [0.2, 0.25) is 0 Å². The van der Waals surface area contributed by atoms with Crippen LogP contribution < -0.4 is 10.6 Å². The molecule has 0 spiro atoms. The van der Waals surface area contributed by atoms with Crippen LogP contribution in [0.2, 0.25) is 5.02 Å². The summed E-state index contributed by atoms with van der Waals surface area (Å²) in [5.74, 6) is 0.155. The minimum absolute atomic E-state index is 0.107. The number of hydrogen-bond donors (Lipinski definition) is 3. The van der Waals surface area contributed by atoms with Gasteiger partial charge in [-0.15, -0.1) is 0 Å². The van der Waals surface area contributed by atoms with E-state index in [1.165, 1.54) is 0 Å². The highest BCUT2D eigenvalue weighted by molar-refractivity contribution is 6.31. The standard InChI is InChI=1S/C15H23ClN2O3/c1-10(18-14(20)21-15(2,3)4)8-17-9-11-12(16)6-5-7-13(11)19/h5-7,10,17,19H,8-9H2,1-4H3,(H,18,20). The van der Waals surface area contributed by atoms with Gasteiger partial charge in [-0.3, -0.25) is 0 Å². The maximum atomic E-state index is 11.6. The molecule has 1 aromatic carbocycles. The van der Waals surface area contributed by atoms with Gasteiger partial charge < -0.3 is 20.5 Å². The molecule has 3 N–H and O–H groups in total. The molecule has 0 radical (unpaired) electrons. The monoisotopic (exact) mass is 314 g/mol. The summed E-state index contributed by atoms with van der Waals surface area (Å²) in [4.78, 5) is 11.6. The third-order valence-electron chi connectivity index (χ3n) is 2.61. The summed E-state index contributed by atoms with van der Waals surface area (Å²) in [7, 11) is 0. The summed E-state index contributed by atoms with van der Waals surface area (Å²) in [6, 6.07) is 4.89. The van der Waals surface area contributed by atoms with Crippen LogP contribution in [0.15, 0.2) is 18.2 Å². The maximum absolute atomic E-state index is 11.6. The fraction of sp³-hybridized carbons (Fsp3) is 0.533. The molecule has 0 aliphatic carbocycles. The molecule has 21 heavy (non-hydrogen) atoms. The van der Waals surface area contributed by atoms with Gasteiger partial charge in [0.15, 0.2) is 0 Å². The predicted molar refractivity (Wildman–Crippen MR) is 83.7 cm³/mol. The van der Waals surface area contributed by atoms with E-state index in [1.807, 2.05) is 27.7 Å². The van der Waals surface area contributed by atoms with Gasteiger partial charge in [0, 0.05) is 29.7 Å².